The van der Waals surface area contributed by atoms with Crippen LogP contribution in [0.4, 0.5) is 11.9 Å². The molecule has 1 aromatic heterocycles. The number of nitrogens with zero attached hydrogens (tertiary/aromatic N) is 5. The standard InChI is InChI=1S/C21H37N7/c1-3-4-5-6-7-8-9-10-11-12-13-14-21(24-15-16-25-21)17(2)18-26-19(22)28-20(23)27-18/h15-17H,3-14H2,1-2H3,(H4,22,23,26,27,28). The van der Waals surface area contributed by atoms with E-state index in [1.54, 1.807) is 12.4 Å². The number of hydrogen-bond acceptors (Lipinski definition) is 7. The Morgan fingerprint density at radius 1 is 0.750 bits per heavy atom. The lowest BCUT2D eigenvalue weighted by Crippen LogP contribution is -2.31. The van der Waals surface area contributed by atoms with Crippen molar-refractivity contribution in [2.75, 3.05) is 11.5 Å². The van der Waals surface area contributed by atoms with Crippen molar-refractivity contribution in [1.29, 1.82) is 0 Å². The lowest BCUT2D eigenvalue weighted by molar-refractivity contribution is 0.336. The van der Waals surface area contributed by atoms with Crippen LogP contribution in [0.1, 0.15) is 103 Å². The fourth-order valence-corrected chi connectivity index (χ4v) is 3.80. The van der Waals surface area contributed by atoms with Gasteiger partial charge in [0.15, 0.2) is 5.66 Å². The summed E-state index contributed by atoms with van der Waals surface area (Å²) < 4.78 is 0. The first-order chi connectivity index (χ1) is 13.6. The zero-order chi connectivity index (χ0) is 20.2. The largest absolute Gasteiger partial charge is 0.368 e. The van der Waals surface area contributed by atoms with Gasteiger partial charge >= 0.3 is 0 Å². The van der Waals surface area contributed by atoms with Gasteiger partial charge in [-0.25, -0.2) is 0 Å². The third-order valence-electron chi connectivity index (χ3n) is 5.58. The molecular weight excluding hydrogens is 350 g/mol. The maximum atomic E-state index is 5.73. The van der Waals surface area contributed by atoms with E-state index < -0.39 is 5.66 Å². The zero-order valence-corrected chi connectivity index (χ0v) is 17.6. The van der Waals surface area contributed by atoms with E-state index in [2.05, 4.69) is 31.9 Å². The summed E-state index contributed by atoms with van der Waals surface area (Å²) in [4.78, 5) is 21.7. The number of aromatic nitrogens is 3. The molecule has 0 fully saturated rings. The highest BCUT2D eigenvalue weighted by Crippen LogP contribution is 2.37. The summed E-state index contributed by atoms with van der Waals surface area (Å²) >= 11 is 0. The van der Waals surface area contributed by atoms with Crippen molar-refractivity contribution < 1.29 is 0 Å². The number of anilines is 2. The number of unbranched alkanes of at least 4 members (excludes halogenated alkanes) is 10. The summed E-state index contributed by atoms with van der Waals surface area (Å²) in [5.41, 5.74) is 10.9. The molecule has 0 spiro atoms. The third-order valence-corrected chi connectivity index (χ3v) is 5.58. The Hall–Kier alpha value is -2.05. The highest BCUT2D eigenvalue weighted by Gasteiger charge is 2.38. The Morgan fingerprint density at radius 2 is 1.21 bits per heavy atom. The van der Waals surface area contributed by atoms with E-state index in [0.29, 0.717) is 5.82 Å². The number of rotatable bonds is 14. The van der Waals surface area contributed by atoms with Gasteiger partial charge in [0.05, 0.1) is 5.92 Å². The van der Waals surface area contributed by atoms with Gasteiger partial charge in [0.2, 0.25) is 11.9 Å². The van der Waals surface area contributed by atoms with Crippen LogP contribution in [-0.2, 0) is 0 Å². The molecule has 0 aromatic carbocycles. The Balaban J connectivity index is 1.72. The monoisotopic (exact) mass is 387 g/mol. The van der Waals surface area contributed by atoms with Gasteiger partial charge in [-0.2, -0.15) is 15.0 Å². The normalized spacial score (nSPS) is 15.9. The fourth-order valence-electron chi connectivity index (χ4n) is 3.80. The van der Waals surface area contributed by atoms with Crippen molar-refractivity contribution in [3.63, 3.8) is 0 Å². The summed E-state index contributed by atoms with van der Waals surface area (Å²) in [6.07, 6.45) is 18.9. The smallest absolute Gasteiger partial charge is 0.225 e. The SMILES string of the molecule is CCCCCCCCCCCCCC1(C(C)c2nc(N)nc(N)n2)N=CC=N1. The van der Waals surface area contributed by atoms with Gasteiger partial charge in [-0.1, -0.05) is 78.1 Å². The molecule has 1 unspecified atom stereocenters. The van der Waals surface area contributed by atoms with E-state index in [-0.39, 0.29) is 17.8 Å². The van der Waals surface area contributed by atoms with Gasteiger partial charge in [-0.3, -0.25) is 9.98 Å². The van der Waals surface area contributed by atoms with Crippen molar-refractivity contribution >= 4 is 24.3 Å². The number of hydrogen-bond donors (Lipinski definition) is 2. The van der Waals surface area contributed by atoms with Gasteiger partial charge in [-0.05, 0) is 12.8 Å². The predicted octanol–water partition coefficient (Wildman–Crippen LogP) is 4.69. The van der Waals surface area contributed by atoms with Crippen LogP contribution >= 0.6 is 0 Å². The second-order valence-electron chi connectivity index (χ2n) is 7.85. The summed E-state index contributed by atoms with van der Waals surface area (Å²) in [7, 11) is 0. The van der Waals surface area contributed by atoms with Crippen molar-refractivity contribution in [3.05, 3.63) is 5.82 Å². The van der Waals surface area contributed by atoms with Crippen molar-refractivity contribution in [2.45, 2.75) is 102 Å². The number of aliphatic imine (C=N–C) groups is 2. The quantitative estimate of drug-likeness (QED) is 0.449. The minimum Gasteiger partial charge on any atom is -0.368 e. The predicted molar refractivity (Wildman–Crippen MR) is 118 cm³/mol. The van der Waals surface area contributed by atoms with E-state index in [4.69, 9.17) is 11.5 Å². The Bertz CT molecular complexity index is 609. The molecule has 0 aliphatic carbocycles. The highest BCUT2D eigenvalue weighted by atomic mass is 15.2. The zero-order valence-electron chi connectivity index (χ0n) is 17.6. The molecule has 1 aliphatic rings. The van der Waals surface area contributed by atoms with Gasteiger partial charge in [0.1, 0.15) is 5.82 Å². The molecular formula is C21H37N7. The lowest BCUT2D eigenvalue weighted by Gasteiger charge is -2.29. The summed E-state index contributed by atoms with van der Waals surface area (Å²) in [5, 5.41) is 0. The third kappa shape index (κ3) is 6.84. The van der Waals surface area contributed by atoms with E-state index in [9.17, 15) is 0 Å². The molecule has 0 radical (unpaired) electrons. The molecule has 7 heteroatoms. The minimum atomic E-state index is -0.542. The number of nitrogen functional groups attached to an aromatic ring is 2. The van der Waals surface area contributed by atoms with Crippen LogP contribution in [0.2, 0.25) is 0 Å². The molecule has 0 saturated heterocycles. The molecule has 2 heterocycles. The van der Waals surface area contributed by atoms with Gasteiger partial charge in [0, 0.05) is 12.4 Å². The summed E-state index contributed by atoms with van der Waals surface area (Å²) in [6, 6.07) is 0. The lowest BCUT2D eigenvalue weighted by atomic mass is 9.89. The van der Waals surface area contributed by atoms with Gasteiger partial charge < -0.3 is 11.5 Å². The first-order valence-electron chi connectivity index (χ1n) is 10.9. The second kappa shape index (κ2) is 11.7. The highest BCUT2D eigenvalue weighted by molar-refractivity contribution is 6.17. The van der Waals surface area contributed by atoms with E-state index in [1.807, 2.05) is 6.92 Å². The molecule has 156 valence electrons. The molecule has 0 saturated carbocycles. The molecule has 0 amide bonds. The molecule has 4 N–H and O–H groups in total. The van der Waals surface area contributed by atoms with E-state index in [1.165, 1.54) is 64.2 Å². The molecule has 1 aromatic rings. The fraction of sp³-hybridized carbons (Fsp3) is 0.762. The first kappa shape index (κ1) is 22.2. The van der Waals surface area contributed by atoms with Crippen LogP contribution in [0.15, 0.2) is 9.98 Å². The van der Waals surface area contributed by atoms with Crippen LogP contribution in [-0.4, -0.2) is 33.0 Å². The average Bonchev–Trinajstić information content (AvgIpc) is 3.15. The van der Waals surface area contributed by atoms with Crippen molar-refractivity contribution in [3.8, 4) is 0 Å². The maximum Gasteiger partial charge on any atom is 0.225 e. The molecule has 2 rings (SSSR count). The molecule has 7 nitrogen and oxygen atoms in total. The average molecular weight is 388 g/mol. The van der Waals surface area contributed by atoms with Crippen LogP contribution in [0, 0.1) is 0 Å². The molecule has 1 aliphatic heterocycles. The molecule has 28 heavy (non-hydrogen) atoms. The Kier molecular flexibility index (Phi) is 9.31. The molecule has 0 bridgehead atoms. The molecule has 1 atom stereocenters. The maximum absolute atomic E-state index is 5.73. The number of nitrogens with two attached hydrogens (primary N) is 2. The van der Waals surface area contributed by atoms with Crippen LogP contribution in [0.5, 0.6) is 0 Å². The Labute approximate surface area is 169 Å². The first-order valence-corrected chi connectivity index (χ1v) is 10.9. The minimum absolute atomic E-state index is 0.0989. The Morgan fingerprint density at radius 3 is 1.71 bits per heavy atom. The second-order valence-corrected chi connectivity index (χ2v) is 7.85. The summed E-state index contributed by atoms with van der Waals surface area (Å²) in [5.74, 6) is 0.748. The van der Waals surface area contributed by atoms with Crippen molar-refractivity contribution in [1.82, 2.24) is 15.0 Å². The van der Waals surface area contributed by atoms with Crippen LogP contribution < -0.4 is 11.5 Å². The van der Waals surface area contributed by atoms with Gasteiger partial charge in [-0.15, -0.1) is 0 Å². The summed E-state index contributed by atoms with van der Waals surface area (Å²) in [6.45, 7) is 4.30. The van der Waals surface area contributed by atoms with E-state index >= 15 is 0 Å². The van der Waals surface area contributed by atoms with Crippen molar-refractivity contribution in [2.24, 2.45) is 9.98 Å². The van der Waals surface area contributed by atoms with E-state index in [0.717, 1.165) is 12.8 Å². The van der Waals surface area contributed by atoms with Crippen LogP contribution in [0.25, 0.3) is 0 Å². The topological polar surface area (TPSA) is 115 Å². The van der Waals surface area contributed by atoms with Gasteiger partial charge in [0.25, 0.3) is 0 Å². The van der Waals surface area contributed by atoms with Crippen LogP contribution in [0.3, 0.4) is 0 Å².